The van der Waals surface area contributed by atoms with Crippen molar-refractivity contribution < 1.29 is 51.3 Å². The van der Waals surface area contributed by atoms with Crippen molar-refractivity contribution in [1.29, 1.82) is 0 Å². The lowest BCUT2D eigenvalue weighted by Crippen LogP contribution is -2.58. The van der Waals surface area contributed by atoms with Gasteiger partial charge in [0, 0.05) is 23.9 Å². The Hall–Kier alpha value is -4.93. The Morgan fingerprint density at radius 3 is 2.47 bits per heavy atom. The quantitative estimate of drug-likeness (QED) is 0.199. The highest BCUT2D eigenvalue weighted by molar-refractivity contribution is 7.91. The number of nitrogens with one attached hydrogen (secondary N) is 3. The van der Waals surface area contributed by atoms with Crippen LogP contribution in [0.2, 0.25) is 0 Å². The molecule has 3 fully saturated rings. The maximum Gasteiger partial charge on any atom is 0.408 e. The van der Waals surface area contributed by atoms with Crippen molar-refractivity contribution in [1.82, 2.24) is 25.2 Å². The van der Waals surface area contributed by atoms with E-state index in [1.165, 1.54) is 12.3 Å². The second kappa shape index (κ2) is 14.4. The average molecular weight is 730 g/mol. The Balaban J connectivity index is 1.44. The fraction of sp³-hybridized carbons (Fsp3) is 0.529. The molecule has 5 unspecified atom stereocenters. The number of esters is 1. The summed E-state index contributed by atoms with van der Waals surface area (Å²) in [6, 6.07) is 4.27. The van der Waals surface area contributed by atoms with Gasteiger partial charge < -0.3 is 34.5 Å². The SMILES string of the molecule is C=CC1CC1(NC(=O)C1CC(Oc2nccc3cc(OC)ccc23)CN1C(=O)C(CC(=O)OC)NC(=O)OC(C)(C)C)C(=O)NS(=O)(=O)C1CC1. The second-order valence-corrected chi connectivity index (χ2v) is 15.8. The Morgan fingerprint density at radius 2 is 1.86 bits per heavy atom. The number of sulfonamides is 1. The van der Waals surface area contributed by atoms with Crippen molar-refractivity contribution in [2.24, 2.45) is 5.92 Å². The first kappa shape index (κ1) is 37.3. The summed E-state index contributed by atoms with van der Waals surface area (Å²) in [4.78, 5) is 72.4. The summed E-state index contributed by atoms with van der Waals surface area (Å²) >= 11 is 0. The first-order chi connectivity index (χ1) is 24.0. The van der Waals surface area contributed by atoms with Crippen LogP contribution in [0.1, 0.15) is 52.9 Å². The van der Waals surface area contributed by atoms with E-state index in [0.29, 0.717) is 24.0 Å². The highest BCUT2D eigenvalue weighted by Gasteiger charge is 2.62. The number of methoxy groups -OCH3 is 2. The second-order valence-electron chi connectivity index (χ2n) is 13.8. The predicted octanol–water partition coefficient (Wildman–Crippen LogP) is 1.72. The number of carbonyl (C=O) groups is 5. The minimum atomic E-state index is -3.94. The summed E-state index contributed by atoms with van der Waals surface area (Å²) < 4.78 is 49.0. The van der Waals surface area contributed by atoms with Gasteiger partial charge in [0.2, 0.25) is 27.7 Å². The molecule has 4 amide bonds. The zero-order valence-electron chi connectivity index (χ0n) is 29.1. The third-order valence-corrected chi connectivity index (χ3v) is 10.7. The smallest absolute Gasteiger partial charge is 0.408 e. The Bertz CT molecular complexity index is 1840. The summed E-state index contributed by atoms with van der Waals surface area (Å²) in [6.45, 7) is 8.42. The van der Waals surface area contributed by atoms with E-state index in [1.807, 2.05) is 0 Å². The van der Waals surface area contributed by atoms with E-state index >= 15 is 0 Å². The van der Waals surface area contributed by atoms with Crippen molar-refractivity contribution in [2.75, 3.05) is 20.8 Å². The molecule has 3 N–H and O–H groups in total. The van der Waals surface area contributed by atoms with E-state index in [9.17, 15) is 32.4 Å². The summed E-state index contributed by atoms with van der Waals surface area (Å²) in [7, 11) is -1.27. The number of nitrogens with zero attached hydrogens (tertiary/aromatic N) is 2. The third kappa shape index (κ3) is 8.52. The van der Waals surface area contributed by atoms with Crippen LogP contribution >= 0.6 is 0 Å². The highest BCUT2D eigenvalue weighted by Crippen LogP contribution is 2.45. The molecular weight excluding hydrogens is 686 g/mol. The number of aromatic nitrogens is 1. The van der Waals surface area contributed by atoms with Crippen LogP contribution in [0.5, 0.6) is 11.6 Å². The molecule has 16 nitrogen and oxygen atoms in total. The molecule has 5 rings (SSSR count). The van der Waals surface area contributed by atoms with E-state index in [1.54, 1.807) is 52.1 Å². The van der Waals surface area contributed by atoms with Crippen LogP contribution in [0, 0.1) is 5.92 Å². The minimum absolute atomic E-state index is 0.0833. The van der Waals surface area contributed by atoms with Gasteiger partial charge in [0.1, 0.15) is 35.1 Å². The first-order valence-corrected chi connectivity index (χ1v) is 18.0. The summed E-state index contributed by atoms with van der Waals surface area (Å²) in [6.07, 6.45) is 1.47. The van der Waals surface area contributed by atoms with Crippen LogP contribution in [0.25, 0.3) is 10.8 Å². The molecule has 1 aromatic heterocycles. The van der Waals surface area contributed by atoms with E-state index in [2.05, 4.69) is 26.9 Å². The highest BCUT2D eigenvalue weighted by atomic mass is 32.2. The molecule has 1 aromatic carbocycles. The molecule has 1 aliphatic heterocycles. The molecule has 17 heteroatoms. The number of carbonyl (C=O) groups excluding carboxylic acids is 5. The van der Waals surface area contributed by atoms with Crippen molar-refractivity contribution >= 4 is 50.6 Å². The van der Waals surface area contributed by atoms with Crippen LogP contribution in [-0.2, 0) is 38.7 Å². The van der Waals surface area contributed by atoms with Gasteiger partial charge in [0.25, 0.3) is 5.91 Å². The Labute approximate surface area is 295 Å². The normalized spacial score (nSPS) is 23.4. The van der Waals surface area contributed by atoms with Crippen LogP contribution < -0.4 is 24.8 Å². The molecule has 0 bridgehead atoms. The molecule has 2 saturated carbocycles. The molecule has 276 valence electrons. The van der Waals surface area contributed by atoms with Crippen molar-refractivity contribution in [3.8, 4) is 11.6 Å². The largest absolute Gasteiger partial charge is 0.497 e. The van der Waals surface area contributed by atoms with Crippen molar-refractivity contribution in [3.63, 3.8) is 0 Å². The standard InChI is InChI=1S/C34H43N5O11S/c1-7-20-17-34(20,31(43)38-51(45,46)23-9-10-23)37-28(41)26-15-22(49-29-24-11-8-21(47-5)14-19(24)12-13-35-29)18-39(26)30(42)25(16-27(40)48-6)36-32(44)50-33(2,3)4/h7-8,11-14,20,22-23,25-26H,1,9-10,15-18H2,2-6H3,(H,36,44)(H,37,41)(H,38,43). The maximum absolute atomic E-state index is 14.2. The topological polar surface area (TPSA) is 209 Å². The van der Waals surface area contributed by atoms with Crippen LogP contribution in [0.3, 0.4) is 0 Å². The summed E-state index contributed by atoms with van der Waals surface area (Å²) in [5.74, 6) is -3.05. The van der Waals surface area contributed by atoms with Gasteiger partial charge in [0.05, 0.1) is 32.4 Å². The fourth-order valence-corrected chi connectivity index (χ4v) is 7.37. The molecule has 2 aromatic rings. The van der Waals surface area contributed by atoms with Gasteiger partial charge >= 0.3 is 12.1 Å². The van der Waals surface area contributed by atoms with Gasteiger partial charge in [0.15, 0.2) is 0 Å². The number of alkyl carbamates (subject to hydrolysis) is 1. The lowest BCUT2D eigenvalue weighted by Gasteiger charge is -2.30. The van der Waals surface area contributed by atoms with Gasteiger partial charge in [-0.3, -0.25) is 23.9 Å². The van der Waals surface area contributed by atoms with E-state index in [-0.39, 0.29) is 25.3 Å². The number of benzene rings is 1. The molecule has 1 saturated heterocycles. The molecule has 5 atom stereocenters. The maximum atomic E-state index is 14.2. The zero-order chi connectivity index (χ0) is 37.3. The molecular formula is C34H43N5O11S. The van der Waals surface area contributed by atoms with Crippen LogP contribution in [-0.4, -0.2) is 103 Å². The Morgan fingerprint density at radius 1 is 1.14 bits per heavy atom. The number of ether oxygens (including phenoxy) is 4. The average Bonchev–Trinajstić information content (AvgIpc) is 3.99. The molecule has 0 radical (unpaired) electrons. The molecule has 3 aliphatic rings. The summed E-state index contributed by atoms with van der Waals surface area (Å²) in [5.41, 5.74) is -2.55. The van der Waals surface area contributed by atoms with Crippen LogP contribution in [0.15, 0.2) is 43.1 Å². The molecule has 51 heavy (non-hydrogen) atoms. The van der Waals surface area contributed by atoms with Crippen molar-refractivity contribution in [2.45, 2.75) is 87.5 Å². The lowest BCUT2D eigenvalue weighted by atomic mass is 10.1. The van der Waals surface area contributed by atoms with E-state index < -0.39 is 86.7 Å². The number of rotatable bonds is 13. The van der Waals surface area contributed by atoms with Gasteiger partial charge in [-0.25, -0.2) is 18.2 Å². The molecule has 2 heterocycles. The van der Waals surface area contributed by atoms with Crippen molar-refractivity contribution in [3.05, 3.63) is 43.1 Å². The van der Waals surface area contributed by atoms with Gasteiger partial charge in [-0.15, -0.1) is 6.58 Å². The number of hydrogen-bond acceptors (Lipinski definition) is 12. The Kier molecular flexibility index (Phi) is 10.5. The zero-order valence-corrected chi connectivity index (χ0v) is 29.9. The van der Waals surface area contributed by atoms with E-state index in [4.69, 9.17) is 18.9 Å². The van der Waals surface area contributed by atoms with Gasteiger partial charge in [-0.05, 0) is 69.7 Å². The number of amides is 4. The third-order valence-electron chi connectivity index (χ3n) is 8.90. The lowest BCUT2D eigenvalue weighted by molar-refractivity contribution is -0.146. The van der Waals surface area contributed by atoms with Gasteiger partial charge in [-0.1, -0.05) is 6.08 Å². The number of pyridine rings is 1. The fourth-order valence-electron chi connectivity index (χ4n) is 6.00. The number of likely N-dealkylation sites (tertiary alicyclic amines) is 1. The number of hydrogen-bond donors (Lipinski definition) is 3. The number of fused-ring (bicyclic) bond motifs is 1. The molecule has 2 aliphatic carbocycles. The van der Waals surface area contributed by atoms with Crippen LogP contribution in [0.4, 0.5) is 4.79 Å². The monoisotopic (exact) mass is 729 g/mol. The predicted molar refractivity (Wildman–Crippen MR) is 182 cm³/mol. The molecule has 0 spiro atoms. The van der Waals surface area contributed by atoms with E-state index in [0.717, 1.165) is 17.4 Å². The summed E-state index contributed by atoms with van der Waals surface area (Å²) in [5, 5.41) is 5.84. The van der Waals surface area contributed by atoms with Gasteiger partial charge in [-0.2, -0.15) is 0 Å². The minimum Gasteiger partial charge on any atom is -0.497 e. The first-order valence-electron chi connectivity index (χ1n) is 16.5.